The van der Waals surface area contributed by atoms with Crippen LogP contribution in [0.4, 0.5) is 5.82 Å². The van der Waals surface area contributed by atoms with Gasteiger partial charge in [-0.1, -0.05) is 13.8 Å². The highest BCUT2D eigenvalue weighted by atomic mass is 16.5. The monoisotopic (exact) mass is 281 g/mol. The minimum absolute atomic E-state index is 0.0523. The van der Waals surface area contributed by atoms with Gasteiger partial charge < -0.3 is 19.7 Å². The van der Waals surface area contributed by atoms with Gasteiger partial charge in [0, 0.05) is 6.54 Å². The first-order chi connectivity index (χ1) is 9.38. The molecule has 20 heavy (non-hydrogen) atoms. The average molecular weight is 281 g/mol. The van der Waals surface area contributed by atoms with Gasteiger partial charge in [-0.15, -0.1) is 0 Å². The zero-order valence-corrected chi connectivity index (χ0v) is 11.8. The highest BCUT2D eigenvalue weighted by Gasteiger charge is 2.44. The molecule has 0 saturated carbocycles. The topological polar surface area (TPSA) is 95.5 Å². The van der Waals surface area contributed by atoms with E-state index >= 15 is 0 Å². The summed E-state index contributed by atoms with van der Waals surface area (Å²) >= 11 is 0. The summed E-state index contributed by atoms with van der Waals surface area (Å²) in [5, 5.41) is 9.54. The molecule has 2 N–H and O–H groups in total. The number of hydrogen-bond donors (Lipinski definition) is 2. The Morgan fingerprint density at radius 2 is 2.30 bits per heavy atom. The van der Waals surface area contributed by atoms with E-state index in [4.69, 9.17) is 4.74 Å². The van der Waals surface area contributed by atoms with Gasteiger partial charge in [0.1, 0.15) is 6.04 Å². The molecule has 1 aromatic rings. The van der Waals surface area contributed by atoms with E-state index in [1.54, 1.807) is 4.90 Å². The number of aromatic amines is 1. The summed E-state index contributed by atoms with van der Waals surface area (Å²) in [5.41, 5.74) is -0.815. The average Bonchev–Trinajstić information content (AvgIpc) is 2.36. The van der Waals surface area contributed by atoms with Crippen molar-refractivity contribution < 1.29 is 14.6 Å². The lowest BCUT2D eigenvalue weighted by atomic mass is 9.76. The van der Waals surface area contributed by atoms with Gasteiger partial charge in [0.25, 0.3) is 5.56 Å². The second-order valence-corrected chi connectivity index (χ2v) is 5.61. The predicted octanol–water partition coefficient (Wildman–Crippen LogP) is 0.858. The number of aromatic nitrogens is 2. The molecule has 110 valence electrons. The molecule has 1 aromatic heterocycles. The van der Waals surface area contributed by atoms with Gasteiger partial charge in [0.05, 0.1) is 13.4 Å². The van der Waals surface area contributed by atoms with Crippen molar-refractivity contribution in [3.8, 4) is 5.75 Å². The summed E-state index contributed by atoms with van der Waals surface area (Å²) < 4.78 is 5.08. The highest BCUT2D eigenvalue weighted by Crippen LogP contribution is 2.38. The number of nitrogens with zero attached hydrogens (tertiary/aromatic N) is 2. The maximum absolute atomic E-state index is 11.8. The van der Waals surface area contributed by atoms with Crippen molar-refractivity contribution in [2.24, 2.45) is 5.41 Å². The Kier molecular flexibility index (Phi) is 3.69. The van der Waals surface area contributed by atoms with Gasteiger partial charge in [0.2, 0.25) is 5.75 Å². The van der Waals surface area contributed by atoms with Crippen LogP contribution in [-0.2, 0) is 4.79 Å². The van der Waals surface area contributed by atoms with Crippen molar-refractivity contribution in [1.29, 1.82) is 0 Å². The third-order valence-electron chi connectivity index (χ3n) is 3.77. The molecular weight excluding hydrogens is 262 g/mol. The van der Waals surface area contributed by atoms with Crippen molar-refractivity contribution >= 4 is 11.8 Å². The fourth-order valence-corrected chi connectivity index (χ4v) is 2.85. The standard InChI is InChI=1S/C13H19N3O4/c1-13(2)5-4-6-16(9(13)12(18)19)10-8(20-3)11(17)15-7-14-10/h7,9H,4-6H2,1-3H3,(H,18,19)(H,14,15,17). The third-order valence-corrected chi connectivity index (χ3v) is 3.77. The van der Waals surface area contributed by atoms with Gasteiger partial charge in [-0.25, -0.2) is 9.78 Å². The Morgan fingerprint density at radius 3 is 2.90 bits per heavy atom. The van der Waals surface area contributed by atoms with E-state index in [-0.39, 0.29) is 11.6 Å². The molecule has 1 fully saturated rings. The van der Waals surface area contributed by atoms with Crippen LogP contribution < -0.4 is 15.2 Å². The van der Waals surface area contributed by atoms with Crippen LogP contribution in [0.3, 0.4) is 0 Å². The van der Waals surface area contributed by atoms with Crippen LogP contribution in [0.25, 0.3) is 0 Å². The molecule has 0 aromatic carbocycles. The Morgan fingerprint density at radius 1 is 1.60 bits per heavy atom. The van der Waals surface area contributed by atoms with Gasteiger partial charge in [-0.2, -0.15) is 0 Å². The zero-order valence-electron chi connectivity index (χ0n) is 11.8. The SMILES string of the molecule is COc1c(N2CCCC(C)(C)C2C(=O)O)nc[nH]c1=O. The molecule has 7 nitrogen and oxygen atoms in total. The van der Waals surface area contributed by atoms with Gasteiger partial charge in [0.15, 0.2) is 5.82 Å². The van der Waals surface area contributed by atoms with Crippen molar-refractivity contribution in [2.75, 3.05) is 18.6 Å². The first-order valence-corrected chi connectivity index (χ1v) is 6.49. The molecule has 0 spiro atoms. The summed E-state index contributed by atoms with van der Waals surface area (Å²) in [6, 6.07) is -0.737. The number of nitrogens with one attached hydrogen (secondary N) is 1. The zero-order chi connectivity index (χ0) is 14.9. The summed E-state index contributed by atoms with van der Waals surface area (Å²) in [4.78, 5) is 31.6. The number of carboxylic acid groups (broad SMARTS) is 1. The number of carbonyl (C=O) groups is 1. The number of piperidine rings is 1. The van der Waals surface area contributed by atoms with Crippen molar-refractivity contribution in [1.82, 2.24) is 9.97 Å². The van der Waals surface area contributed by atoms with Crippen LogP contribution in [0.1, 0.15) is 26.7 Å². The van der Waals surface area contributed by atoms with E-state index in [9.17, 15) is 14.7 Å². The van der Waals surface area contributed by atoms with Crippen molar-refractivity contribution in [3.63, 3.8) is 0 Å². The van der Waals surface area contributed by atoms with E-state index in [2.05, 4.69) is 9.97 Å². The van der Waals surface area contributed by atoms with Gasteiger partial charge in [-0.3, -0.25) is 4.79 Å². The molecule has 7 heteroatoms. The smallest absolute Gasteiger partial charge is 0.326 e. The number of hydrogen-bond acceptors (Lipinski definition) is 5. The summed E-state index contributed by atoms with van der Waals surface area (Å²) in [5.74, 6) is -0.577. The number of methoxy groups -OCH3 is 1. The quantitative estimate of drug-likeness (QED) is 0.853. The number of anilines is 1. The molecule has 1 aliphatic heterocycles. The Hall–Kier alpha value is -2.05. The van der Waals surface area contributed by atoms with Crippen molar-refractivity contribution in [3.05, 3.63) is 16.7 Å². The first-order valence-electron chi connectivity index (χ1n) is 6.49. The lowest BCUT2D eigenvalue weighted by Crippen LogP contribution is -2.55. The molecule has 1 aliphatic rings. The molecule has 0 bridgehead atoms. The Bertz CT molecular complexity index is 567. The maximum atomic E-state index is 11.8. The lowest BCUT2D eigenvalue weighted by Gasteiger charge is -2.44. The lowest BCUT2D eigenvalue weighted by molar-refractivity contribution is -0.142. The van der Waals surface area contributed by atoms with Crippen LogP contribution in [0.2, 0.25) is 0 Å². The van der Waals surface area contributed by atoms with Gasteiger partial charge in [-0.05, 0) is 18.3 Å². The molecule has 0 radical (unpaired) electrons. The maximum Gasteiger partial charge on any atom is 0.326 e. The molecule has 2 rings (SSSR count). The normalized spacial score (nSPS) is 21.6. The Balaban J connectivity index is 2.52. The molecule has 1 atom stereocenters. The fourth-order valence-electron chi connectivity index (χ4n) is 2.85. The summed E-state index contributed by atoms with van der Waals surface area (Å²) in [7, 11) is 1.38. The van der Waals surface area contributed by atoms with E-state index in [1.165, 1.54) is 13.4 Å². The summed E-state index contributed by atoms with van der Waals surface area (Å²) in [6.45, 7) is 4.36. The largest absolute Gasteiger partial charge is 0.489 e. The number of carboxylic acids is 1. The second kappa shape index (κ2) is 5.15. The van der Waals surface area contributed by atoms with E-state index in [1.807, 2.05) is 13.8 Å². The van der Waals surface area contributed by atoms with E-state index < -0.39 is 23.0 Å². The molecular formula is C13H19N3O4. The third kappa shape index (κ3) is 2.35. The van der Waals surface area contributed by atoms with Gasteiger partial charge >= 0.3 is 5.97 Å². The van der Waals surface area contributed by atoms with Crippen LogP contribution in [0.15, 0.2) is 11.1 Å². The molecule has 0 amide bonds. The van der Waals surface area contributed by atoms with Crippen LogP contribution in [0.5, 0.6) is 5.75 Å². The van der Waals surface area contributed by atoms with Crippen LogP contribution >= 0.6 is 0 Å². The number of H-pyrrole nitrogens is 1. The number of ether oxygens (including phenoxy) is 1. The summed E-state index contributed by atoms with van der Waals surface area (Å²) in [6.07, 6.45) is 2.92. The highest BCUT2D eigenvalue weighted by molar-refractivity contribution is 5.80. The Labute approximate surface area is 116 Å². The van der Waals surface area contributed by atoms with Crippen LogP contribution in [0, 0.1) is 5.41 Å². The number of rotatable bonds is 3. The number of aliphatic carboxylic acids is 1. The first kappa shape index (κ1) is 14.4. The molecule has 2 heterocycles. The van der Waals surface area contributed by atoms with E-state index in [0.29, 0.717) is 6.54 Å². The second-order valence-electron chi connectivity index (χ2n) is 5.61. The predicted molar refractivity (Wildman–Crippen MR) is 73.2 cm³/mol. The molecule has 0 aliphatic carbocycles. The minimum atomic E-state index is -0.918. The molecule has 1 unspecified atom stereocenters. The fraction of sp³-hybridized carbons (Fsp3) is 0.615. The van der Waals surface area contributed by atoms with Crippen LogP contribution in [-0.4, -0.2) is 40.7 Å². The van der Waals surface area contributed by atoms with E-state index in [0.717, 1.165) is 12.8 Å². The molecule has 1 saturated heterocycles. The van der Waals surface area contributed by atoms with Crippen molar-refractivity contribution in [2.45, 2.75) is 32.7 Å². The minimum Gasteiger partial charge on any atom is -0.489 e.